The van der Waals surface area contributed by atoms with E-state index < -0.39 is 0 Å². The quantitative estimate of drug-likeness (QED) is 0.904. The molecule has 1 atom stereocenters. The molecule has 2 heterocycles. The Morgan fingerprint density at radius 2 is 2.37 bits per heavy atom. The van der Waals surface area contributed by atoms with Gasteiger partial charge in [0.05, 0.1) is 5.02 Å². The van der Waals surface area contributed by atoms with Gasteiger partial charge in [-0.2, -0.15) is 11.8 Å². The lowest BCUT2D eigenvalue weighted by molar-refractivity contribution is 0.588. The van der Waals surface area contributed by atoms with Crippen LogP contribution in [-0.4, -0.2) is 35.6 Å². The van der Waals surface area contributed by atoms with Crippen LogP contribution in [0.4, 0.5) is 5.82 Å². The fourth-order valence-corrected chi connectivity index (χ4v) is 3.56. The van der Waals surface area contributed by atoms with Crippen molar-refractivity contribution in [3.05, 3.63) is 22.8 Å². The molecule has 106 valence electrons. The largest absolute Gasteiger partial charge is 0.356 e. The normalized spacial score (nSPS) is 19.1. The Morgan fingerprint density at radius 1 is 1.58 bits per heavy atom. The fourth-order valence-electron chi connectivity index (χ4n) is 2.12. The molecule has 0 bridgehead atoms. The van der Waals surface area contributed by atoms with Crippen molar-refractivity contribution in [2.24, 2.45) is 0 Å². The van der Waals surface area contributed by atoms with Crippen molar-refractivity contribution in [1.82, 2.24) is 10.3 Å². The van der Waals surface area contributed by atoms with E-state index in [0.717, 1.165) is 22.9 Å². The Kier molecular flexibility index (Phi) is 5.37. The number of halogens is 1. The monoisotopic (exact) mass is 299 g/mol. The number of hydrogen-bond donors (Lipinski definition) is 1. The molecule has 1 aromatic heterocycles. The smallest absolute Gasteiger partial charge is 0.128 e. The first kappa shape index (κ1) is 14.9. The van der Waals surface area contributed by atoms with Crippen LogP contribution in [0, 0.1) is 0 Å². The summed E-state index contributed by atoms with van der Waals surface area (Å²) >= 11 is 8.24. The molecule has 0 radical (unpaired) electrons. The average Bonchev–Trinajstić information content (AvgIpc) is 2.90. The fraction of sp³-hybridized carbons (Fsp3) is 0.643. The molecule has 1 fully saturated rings. The minimum atomic E-state index is 0.455. The van der Waals surface area contributed by atoms with Gasteiger partial charge < -0.3 is 10.2 Å². The molecule has 0 spiro atoms. The van der Waals surface area contributed by atoms with Crippen molar-refractivity contribution in [2.75, 3.05) is 23.5 Å². The lowest BCUT2D eigenvalue weighted by Crippen LogP contribution is -2.32. The molecule has 0 aromatic carbocycles. The van der Waals surface area contributed by atoms with E-state index in [2.05, 4.69) is 42.2 Å². The summed E-state index contributed by atoms with van der Waals surface area (Å²) in [6.45, 7) is 5.06. The summed E-state index contributed by atoms with van der Waals surface area (Å²) in [5, 5.41) is 4.15. The van der Waals surface area contributed by atoms with Gasteiger partial charge in [-0.1, -0.05) is 25.4 Å². The van der Waals surface area contributed by atoms with Crippen molar-refractivity contribution < 1.29 is 0 Å². The van der Waals surface area contributed by atoms with E-state index in [4.69, 9.17) is 11.6 Å². The predicted molar refractivity (Wildman–Crippen MR) is 85.4 cm³/mol. The van der Waals surface area contributed by atoms with Gasteiger partial charge in [0.2, 0.25) is 0 Å². The van der Waals surface area contributed by atoms with E-state index in [-0.39, 0.29) is 0 Å². The van der Waals surface area contributed by atoms with Gasteiger partial charge in [-0.3, -0.25) is 0 Å². The molecule has 1 aliphatic heterocycles. The number of hydrogen-bond acceptors (Lipinski definition) is 4. The van der Waals surface area contributed by atoms with E-state index in [1.807, 2.05) is 11.8 Å². The first-order chi connectivity index (χ1) is 9.08. The summed E-state index contributed by atoms with van der Waals surface area (Å²) in [4.78, 5) is 6.75. The number of nitrogens with zero attached hydrogens (tertiary/aromatic N) is 2. The molecule has 1 aliphatic rings. The first-order valence-corrected chi connectivity index (χ1v) is 8.29. The molecule has 0 saturated carbocycles. The average molecular weight is 300 g/mol. The minimum Gasteiger partial charge on any atom is -0.356 e. The Bertz CT molecular complexity index is 419. The van der Waals surface area contributed by atoms with E-state index in [0.29, 0.717) is 12.1 Å². The topological polar surface area (TPSA) is 28.2 Å². The zero-order valence-corrected chi connectivity index (χ0v) is 13.4. The molecule has 19 heavy (non-hydrogen) atoms. The zero-order chi connectivity index (χ0) is 13.8. The first-order valence-electron chi connectivity index (χ1n) is 6.76. The van der Waals surface area contributed by atoms with Crippen LogP contribution in [0.25, 0.3) is 0 Å². The Labute approximate surface area is 125 Å². The molecule has 5 heteroatoms. The highest BCUT2D eigenvalue weighted by Crippen LogP contribution is 2.26. The molecule has 1 saturated heterocycles. The number of nitrogens with one attached hydrogen (secondary N) is 1. The van der Waals surface area contributed by atoms with Crippen LogP contribution in [0.5, 0.6) is 0 Å². The molecule has 2 rings (SSSR count). The predicted octanol–water partition coefficient (Wildman–Crippen LogP) is 3.17. The highest BCUT2D eigenvalue weighted by atomic mass is 35.5. The second-order valence-electron chi connectivity index (χ2n) is 5.30. The maximum Gasteiger partial charge on any atom is 0.128 e. The van der Waals surface area contributed by atoms with Crippen molar-refractivity contribution in [2.45, 2.75) is 38.9 Å². The van der Waals surface area contributed by atoms with Gasteiger partial charge in [0.25, 0.3) is 0 Å². The molecule has 0 aliphatic carbocycles. The summed E-state index contributed by atoms with van der Waals surface area (Å²) in [7, 11) is 2.13. The van der Waals surface area contributed by atoms with Gasteiger partial charge in [-0.15, -0.1) is 0 Å². The van der Waals surface area contributed by atoms with Crippen LogP contribution in [0.15, 0.2) is 12.3 Å². The third-order valence-corrected chi connectivity index (χ3v) is 4.92. The highest BCUT2D eigenvalue weighted by Gasteiger charge is 2.21. The molecule has 0 amide bonds. The summed E-state index contributed by atoms with van der Waals surface area (Å²) in [5.74, 6) is 3.47. The molecular formula is C14H22ClN3S. The maximum absolute atomic E-state index is 6.22. The number of rotatable bonds is 5. The van der Waals surface area contributed by atoms with Crippen molar-refractivity contribution >= 4 is 29.2 Å². The number of anilines is 1. The zero-order valence-electron chi connectivity index (χ0n) is 11.8. The van der Waals surface area contributed by atoms with Crippen LogP contribution < -0.4 is 10.2 Å². The Morgan fingerprint density at radius 3 is 3.00 bits per heavy atom. The molecule has 1 N–H and O–H groups in total. The SMILES string of the molecule is CC(C)NCc1cc(N(C)C2CCSC2)ncc1Cl. The summed E-state index contributed by atoms with van der Waals surface area (Å²) in [6.07, 6.45) is 3.01. The van der Waals surface area contributed by atoms with Gasteiger partial charge in [0, 0.05) is 37.6 Å². The standard InChI is InChI=1S/C14H22ClN3S/c1-10(2)16-7-11-6-14(17-8-13(11)15)18(3)12-4-5-19-9-12/h6,8,10,12,16H,4-5,7,9H2,1-3H3. The van der Waals surface area contributed by atoms with Gasteiger partial charge in [0.1, 0.15) is 5.82 Å². The molecule has 3 nitrogen and oxygen atoms in total. The Balaban J connectivity index is 2.10. The van der Waals surface area contributed by atoms with Crippen molar-refractivity contribution in [3.8, 4) is 0 Å². The van der Waals surface area contributed by atoms with Crippen LogP contribution in [0.1, 0.15) is 25.8 Å². The van der Waals surface area contributed by atoms with Gasteiger partial charge in [0.15, 0.2) is 0 Å². The summed E-state index contributed by atoms with van der Waals surface area (Å²) in [6, 6.07) is 3.17. The number of thioether (sulfide) groups is 1. The minimum absolute atomic E-state index is 0.455. The third-order valence-electron chi connectivity index (χ3n) is 3.44. The van der Waals surface area contributed by atoms with Crippen molar-refractivity contribution in [3.63, 3.8) is 0 Å². The van der Waals surface area contributed by atoms with Crippen molar-refractivity contribution in [1.29, 1.82) is 0 Å². The number of aromatic nitrogens is 1. The van der Waals surface area contributed by atoms with Gasteiger partial charge in [-0.05, 0) is 23.8 Å². The van der Waals surface area contributed by atoms with Gasteiger partial charge >= 0.3 is 0 Å². The van der Waals surface area contributed by atoms with Crippen LogP contribution >= 0.6 is 23.4 Å². The van der Waals surface area contributed by atoms with E-state index in [9.17, 15) is 0 Å². The maximum atomic E-state index is 6.22. The molecular weight excluding hydrogens is 278 g/mol. The lowest BCUT2D eigenvalue weighted by atomic mass is 10.2. The molecule has 1 aromatic rings. The van der Waals surface area contributed by atoms with Gasteiger partial charge in [-0.25, -0.2) is 4.98 Å². The highest BCUT2D eigenvalue weighted by molar-refractivity contribution is 7.99. The van der Waals surface area contributed by atoms with E-state index in [1.165, 1.54) is 17.9 Å². The van der Waals surface area contributed by atoms with Crippen LogP contribution in [-0.2, 0) is 6.54 Å². The second-order valence-corrected chi connectivity index (χ2v) is 6.85. The molecule has 1 unspecified atom stereocenters. The van der Waals surface area contributed by atoms with E-state index >= 15 is 0 Å². The summed E-state index contributed by atoms with van der Waals surface area (Å²) in [5.41, 5.74) is 1.12. The lowest BCUT2D eigenvalue weighted by Gasteiger charge is -2.25. The van der Waals surface area contributed by atoms with Crippen LogP contribution in [0.2, 0.25) is 5.02 Å². The number of pyridine rings is 1. The summed E-state index contributed by atoms with van der Waals surface area (Å²) < 4.78 is 0. The van der Waals surface area contributed by atoms with Crippen LogP contribution in [0.3, 0.4) is 0 Å². The van der Waals surface area contributed by atoms with E-state index in [1.54, 1.807) is 6.20 Å². The Hall–Kier alpha value is -0.450. The second kappa shape index (κ2) is 6.82. The third kappa shape index (κ3) is 4.01.